The quantitative estimate of drug-likeness (QED) is 0.383. The van der Waals surface area contributed by atoms with Crippen molar-refractivity contribution in [2.75, 3.05) is 30.3 Å². The Labute approximate surface area is 210 Å². The summed E-state index contributed by atoms with van der Waals surface area (Å²) >= 11 is 0. The lowest BCUT2D eigenvalue weighted by molar-refractivity contribution is 0.102. The Bertz CT molecular complexity index is 1340. The molecule has 1 atom stereocenters. The van der Waals surface area contributed by atoms with Gasteiger partial charge in [0.15, 0.2) is 0 Å². The standard InChI is InChI=1S/C28H29N7O/c1-3-35-14-11-23(18-35)20-6-8-21(9-7-20)27(36)32-24-15-26(19(2)31-17-24)34-28-30-13-10-25(33-28)22-5-4-12-29-16-22/h4-10,12-13,15-17,23H,3,11,14,18H2,1-2H3,(H,32,36)(H,30,33,34). The van der Waals surface area contributed by atoms with E-state index in [0.717, 1.165) is 36.6 Å². The summed E-state index contributed by atoms with van der Waals surface area (Å²) in [6.07, 6.45) is 8.00. The number of hydrogen-bond acceptors (Lipinski definition) is 7. The number of nitrogens with zero attached hydrogens (tertiary/aromatic N) is 5. The first-order valence-electron chi connectivity index (χ1n) is 12.2. The molecule has 1 fully saturated rings. The van der Waals surface area contributed by atoms with Crippen LogP contribution in [0.2, 0.25) is 0 Å². The first-order chi connectivity index (χ1) is 17.6. The number of hydrogen-bond donors (Lipinski definition) is 2. The van der Waals surface area contributed by atoms with Crippen LogP contribution in [0.1, 0.15) is 40.9 Å². The molecule has 4 heterocycles. The van der Waals surface area contributed by atoms with Crippen molar-refractivity contribution in [2.24, 2.45) is 0 Å². The number of rotatable bonds is 7. The molecule has 0 spiro atoms. The number of carbonyl (C=O) groups is 1. The van der Waals surface area contributed by atoms with Gasteiger partial charge in [-0.25, -0.2) is 9.97 Å². The topological polar surface area (TPSA) is 95.9 Å². The minimum absolute atomic E-state index is 0.172. The van der Waals surface area contributed by atoms with Gasteiger partial charge < -0.3 is 15.5 Å². The lowest BCUT2D eigenvalue weighted by atomic mass is 9.97. The number of pyridine rings is 2. The highest BCUT2D eigenvalue weighted by molar-refractivity contribution is 6.04. The zero-order valence-electron chi connectivity index (χ0n) is 20.5. The van der Waals surface area contributed by atoms with Crippen molar-refractivity contribution in [2.45, 2.75) is 26.2 Å². The number of aryl methyl sites for hydroxylation is 1. The predicted molar refractivity (Wildman–Crippen MR) is 141 cm³/mol. The second-order valence-electron chi connectivity index (χ2n) is 8.94. The fraction of sp³-hybridized carbons (Fsp3) is 0.250. The molecule has 3 aromatic heterocycles. The van der Waals surface area contributed by atoms with Crippen LogP contribution in [0.15, 0.2) is 73.3 Å². The van der Waals surface area contributed by atoms with Crippen LogP contribution in [0.3, 0.4) is 0 Å². The Kier molecular flexibility index (Phi) is 6.95. The highest BCUT2D eigenvalue weighted by atomic mass is 16.1. The maximum atomic E-state index is 12.9. The van der Waals surface area contributed by atoms with E-state index in [1.807, 2.05) is 43.3 Å². The van der Waals surface area contributed by atoms with Gasteiger partial charge in [0, 0.05) is 36.3 Å². The molecule has 0 radical (unpaired) electrons. The number of amides is 1. The van der Waals surface area contributed by atoms with Crippen LogP contribution in [0, 0.1) is 6.92 Å². The number of aromatic nitrogens is 4. The van der Waals surface area contributed by atoms with Crippen molar-refractivity contribution in [1.29, 1.82) is 0 Å². The van der Waals surface area contributed by atoms with E-state index in [9.17, 15) is 4.79 Å². The molecular weight excluding hydrogens is 450 g/mol. The van der Waals surface area contributed by atoms with Crippen LogP contribution in [0.5, 0.6) is 0 Å². The van der Waals surface area contributed by atoms with Crippen molar-refractivity contribution in [1.82, 2.24) is 24.8 Å². The predicted octanol–water partition coefficient (Wildman–Crippen LogP) is 5.05. The van der Waals surface area contributed by atoms with Gasteiger partial charge in [-0.1, -0.05) is 19.1 Å². The van der Waals surface area contributed by atoms with E-state index >= 15 is 0 Å². The number of nitrogens with one attached hydrogen (secondary N) is 2. The average Bonchev–Trinajstić information content (AvgIpc) is 3.41. The third-order valence-electron chi connectivity index (χ3n) is 6.57. The van der Waals surface area contributed by atoms with Gasteiger partial charge in [0.2, 0.25) is 5.95 Å². The van der Waals surface area contributed by atoms with E-state index in [2.05, 4.69) is 54.5 Å². The molecule has 8 heteroatoms. The zero-order valence-corrected chi connectivity index (χ0v) is 20.5. The summed E-state index contributed by atoms with van der Waals surface area (Å²) in [6.45, 7) is 7.39. The molecule has 36 heavy (non-hydrogen) atoms. The van der Waals surface area contributed by atoms with Crippen molar-refractivity contribution in [3.05, 3.63) is 90.1 Å². The van der Waals surface area contributed by atoms with Crippen LogP contribution in [-0.4, -0.2) is 50.4 Å². The van der Waals surface area contributed by atoms with Crippen molar-refractivity contribution in [3.8, 4) is 11.3 Å². The number of anilines is 3. The fourth-order valence-corrected chi connectivity index (χ4v) is 4.44. The Morgan fingerprint density at radius 3 is 2.69 bits per heavy atom. The smallest absolute Gasteiger partial charge is 0.255 e. The second kappa shape index (κ2) is 10.6. The molecule has 8 nitrogen and oxygen atoms in total. The minimum atomic E-state index is -0.172. The average molecular weight is 480 g/mol. The Balaban J connectivity index is 1.27. The molecule has 1 aromatic carbocycles. The SMILES string of the molecule is CCN1CCC(c2ccc(C(=O)Nc3cnc(C)c(Nc4nccc(-c5cccnc5)n4)c3)cc2)C1. The molecule has 1 amide bonds. The Morgan fingerprint density at radius 2 is 1.94 bits per heavy atom. The van der Waals surface area contributed by atoms with E-state index < -0.39 is 0 Å². The molecule has 2 N–H and O–H groups in total. The number of likely N-dealkylation sites (N-methyl/N-ethyl adjacent to an activating group) is 1. The van der Waals surface area contributed by atoms with Crippen LogP contribution >= 0.6 is 0 Å². The monoisotopic (exact) mass is 479 g/mol. The zero-order chi connectivity index (χ0) is 24.9. The number of carbonyl (C=O) groups excluding carboxylic acids is 1. The van der Waals surface area contributed by atoms with Gasteiger partial charge in [0.1, 0.15) is 0 Å². The van der Waals surface area contributed by atoms with Crippen LogP contribution < -0.4 is 10.6 Å². The van der Waals surface area contributed by atoms with E-state index in [1.165, 1.54) is 12.0 Å². The molecule has 0 saturated carbocycles. The summed E-state index contributed by atoms with van der Waals surface area (Å²) in [4.78, 5) is 32.9. The molecule has 1 aliphatic heterocycles. The Hall–Kier alpha value is -4.17. The van der Waals surface area contributed by atoms with E-state index in [0.29, 0.717) is 28.8 Å². The Morgan fingerprint density at radius 1 is 1.08 bits per heavy atom. The third kappa shape index (κ3) is 5.39. The van der Waals surface area contributed by atoms with Gasteiger partial charge in [0.25, 0.3) is 5.91 Å². The molecule has 5 rings (SSSR count). The van der Waals surface area contributed by atoms with Crippen molar-refractivity contribution in [3.63, 3.8) is 0 Å². The van der Waals surface area contributed by atoms with Crippen molar-refractivity contribution >= 4 is 23.2 Å². The van der Waals surface area contributed by atoms with E-state index in [-0.39, 0.29) is 5.91 Å². The summed E-state index contributed by atoms with van der Waals surface area (Å²) in [7, 11) is 0. The first-order valence-corrected chi connectivity index (χ1v) is 12.2. The molecule has 1 saturated heterocycles. The van der Waals surface area contributed by atoms with Crippen LogP contribution in [0.4, 0.5) is 17.3 Å². The highest BCUT2D eigenvalue weighted by Gasteiger charge is 2.22. The third-order valence-corrected chi connectivity index (χ3v) is 6.57. The van der Waals surface area contributed by atoms with Gasteiger partial charge in [-0.3, -0.25) is 14.8 Å². The molecule has 0 aliphatic carbocycles. The lowest BCUT2D eigenvalue weighted by Crippen LogP contribution is -2.19. The molecule has 4 aromatic rings. The van der Waals surface area contributed by atoms with Crippen LogP contribution in [-0.2, 0) is 0 Å². The van der Waals surface area contributed by atoms with Gasteiger partial charge in [-0.2, -0.15) is 0 Å². The van der Waals surface area contributed by atoms with Crippen molar-refractivity contribution < 1.29 is 4.79 Å². The van der Waals surface area contributed by atoms with E-state index in [1.54, 1.807) is 24.8 Å². The highest BCUT2D eigenvalue weighted by Crippen LogP contribution is 2.27. The maximum absolute atomic E-state index is 12.9. The fourth-order valence-electron chi connectivity index (χ4n) is 4.44. The van der Waals surface area contributed by atoms with Gasteiger partial charge in [-0.15, -0.1) is 0 Å². The number of likely N-dealkylation sites (tertiary alicyclic amines) is 1. The first kappa shape index (κ1) is 23.6. The van der Waals surface area contributed by atoms with E-state index in [4.69, 9.17) is 0 Å². The largest absolute Gasteiger partial charge is 0.322 e. The molecule has 182 valence electrons. The summed E-state index contributed by atoms with van der Waals surface area (Å²) in [5.41, 5.74) is 5.65. The molecule has 0 bridgehead atoms. The summed E-state index contributed by atoms with van der Waals surface area (Å²) in [5.74, 6) is 0.805. The molecule has 1 aliphatic rings. The summed E-state index contributed by atoms with van der Waals surface area (Å²) in [5, 5.41) is 6.18. The number of benzene rings is 1. The van der Waals surface area contributed by atoms with Gasteiger partial charge in [-0.05, 0) is 74.3 Å². The summed E-state index contributed by atoms with van der Waals surface area (Å²) in [6, 6.07) is 15.4. The van der Waals surface area contributed by atoms with Crippen LogP contribution in [0.25, 0.3) is 11.3 Å². The normalized spacial score (nSPS) is 15.6. The summed E-state index contributed by atoms with van der Waals surface area (Å²) < 4.78 is 0. The maximum Gasteiger partial charge on any atom is 0.255 e. The molecule has 1 unspecified atom stereocenters. The van der Waals surface area contributed by atoms with Gasteiger partial charge in [0.05, 0.1) is 29.0 Å². The second-order valence-corrected chi connectivity index (χ2v) is 8.94. The molecular formula is C28H29N7O. The van der Waals surface area contributed by atoms with Gasteiger partial charge >= 0.3 is 0 Å². The lowest BCUT2D eigenvalue weighted by Gasteiger charge is -2.14. The minimum Gasteiger partial charge on any atom is -0.322 e.